The maximum absolute atomic E-state index is 13.3. The average Bonchev–Trinajstić information content (AvgIpc) is 2.33. The molecule has 4 heteroatoms. The second kappa shape index (κ2) is 5.25. The van der Waals surface area contributed by atoms with Gasteiger partial charge < -0.3 is 9.84 Å². The number of aliphatic hydroxyl groups is 1. The van der Waals surface area contributed by atoms with E-state index in [0.29, 0.717) is 23.2 Å². The van der Waals surface area contributed by atoms with Crippen molar-refractivity contribution in [1.82, 2.24) is 0 Å². The lowest BCUT2D eigenvalue weighted by molar-refractivity contribution is 0.00680. The third-order valence-corrected chi connectivity index (χ3v) is 3.85. The van der Waals surface area contributed by atoms with Crippen molar-refractivity contribution in [3.63, 3.8) is 0 Å². The van der Waals surface area contributed by atoms with Crippen LogP contribution in [-0.2, 0) is 4.74 Å². The van der Waals surface area contributed by atoms with Gasteiger partial charge in [0.1, 0.15) is 5.82 Å². The van der Waals surface area contributed by atoms with E-state index < -0.39 is 6.10 Å². The predicted octanol–water partition coefficient (Wildman–Crippen LogP) is 3.05. The summed E-state index contributed by atoms with van der Waals surface area (Å²) in [5.41, 5.74) is 0.631. The zero-order chi connectivity index (χ0) is 11.5. The van der Waals surface area contributed by atoms with Gasteiger partial charge in [-0.05, 0) is 46.3 Å². The minimum absolute atomic E-state index is 0.159. The Bertz CT molecular complexity index is 364. The highest BCUT2D eigenvalue weighted by atomic mass is 79.9. The molecule has 1 fully saturated rings. The van der Waals surface area contributed by atoms with Gasteiger partial charge in [-0.1, -0.05) is 12.1 Å². The Labute approximate surface area is 103 Å². The molecule has 2 nitrogen and oxygen atoms in total. The normalized spacial score (nSPS) is 19.7. The molecule has 0 radical (unpaired) electrons. The molecule has 0 saturated carbocycles. The van der Waals surface area contributed by atoms with Gasteiger partial charge in [-0.2, -0.15) is 0 Å². The largest absolute Gasteiger partial charge is 0.388 e. The Hall–Kier alpha value is -0.450. The fourth-order valence-corrected chi connectivity index (χ4v) is 2.53. The summed E-state index contributed by atoms with van der Waals surface area (Å²) in [4.78, 5) is 0. The number of benzene rings is 1. The first-order chi connectivity index (χ1) is 7.70. The Kier molecular flexibility index (Phi) is 3.95. The number of hydrogen-bond donors (Lipinski definition) is 1. The van der Waals surface area contributed by atoms with Crippen molar-refractivity contribution in [3.8, 4) is 0 Å². The van der Waals surface area contributed by atoms with Gasteiger partial charge in [-0.3, -0.25) is 0 Å². The molecule has 0 spiro atoms. The van der Waals surface area contributed by atoms with Crippen LogP contribution in [0.1, 0.15) is 24.5 Å². The third-order valence-electron chi connectivity index (χ3n) is 3.01. The van der Waals surface area contributed by atoms with Crippen LogP contribution >= 0.6 is 15.9 Å². The maximum Gasteiger partial charge on any atom is 0.137 e. The van der Waals surface area contributed by atoms with Gasteiger partial charge in [-0.15, -0.1) is 0 Å². The molecule has 1 atom stereocenters. The van der Waals surface area contributed by atoms with Crippen LogP contribution in [0.25, 0.3) is 0 Å². The highest BCUT2D eigenvalue weighted by Crippen LogP contribution is 2.34. The molecule has 0 amide bonds. The zero-order valence-corrected chi connectivity index (χ0v) is 10.4. The van der Waals surface area contributed by atoms with E-state index in [4.69, 9.17) is 4.74 Å². The fraction of sp³-hybridized carbons (Fsp3) is 0.500. The number of aliphatic hydroxyl groups excluding tert-OH is 1. The van der Waals surface area contributed by atoms with Crippen LogP contribution in [0, 0.1) is 11.7 Å². The second-order valence-corrected chi connectivity index (χ2v) is 4.83. The first-order valence-corrected chi connectivity index (χ1v) is 6.19. The van der Waals surface area contributed by atoms with Crippen molar-refractivity contribution in [2.75, 3.05) is 13.2 Å². The van der Waals surface area contributed by atoms with Crippen LogP contribution in [-0.4, -0.2) is 18.3 Å². The van der Waals surface area contributed by atoms with Crippen LogP contribution in [0.5, 0.6) is 0 Å². The van der Waals surface area contributed by atoms with Crippen molar-refractivity contribution in [1.29, 1.82) is 0 Å². The molecule has 2 rings (SSSR count). The van der Waals surface area contributed by atoms with E-state index >= 15 is 0 Å². The van der Waals surface area contributed by atoms with E-state index in [1.165, 1.54) is 6.07 Å². The summed E-state index contributed by atoms with van der Waals surface area (Å²) < 4.78 is 18.9. The van der Waals surface area contributed by atoms with Crippen molar-refractivity contribution >= 4 is 15.9 Å². The van der Waals surface area contributed by atoms with Gasteiger partial charge in [0.2, 0.25) is 0 Å². The minimum Gasteiger partial charge on any atom is -0.388 e. The molecule has 0 aliphatic carbocycles. The summed E-state index contributed by atoms with van der Waals surface area (Å²) in [6.45, 7) is 1.35. The summed E-state index contributed by atoms with van der Waals surface area (Å²) in [5, 5.41) is 10.2. The van der Waals surface area contributed by atoms with Crippen LogP contribution in [0.2, 0.25) is 0 Å². The summed E-state index contributed by atoms with van der Waals surface area (Å²) in [6, 6.07) is 4.76. The van der Waals surface area contributed by atoms with Crippen LogP contribution in [0.15, 0.2) is 22.7 Å². The van der Waals surface area contributed by atoms with E-state index in [0.717, 1.165) is 12.8 Å². The molecule has 0 aromatic heterocycles. The van der Waals surface area contributed by atoms with Crippen molar-refractivity contribution in [3.05, 3.63) is 34.1 Å². The van der Waals surface area contributed by atoms with E-state index in [1.54, 1.807) is 12.1 Å². The Morgan fingerprint density at radius 3 is 2.75 bits per heavy atom. The van der Waals surface area contributed by atoms with Gasteiger partial charge in [0.05, 0.1) is 10.6 Å². The van der Waals surface area contributed by atoms with E-state index in [9.17, 15) is 9.50 Å². The van der Waals surface area contributed by atoms with Crippen molar-refractivity contribution < 1.29 is 14.2 Å². The first kappa shape index (κ1) is 12.0. The summed E-state index contributed by atoms with van der Waals surface area (Å²) in [5.74, 6) is -0.171. The Morgan fingerprint density at radius 1 is 1.38 bits per heavy atom. The molecular weight excluding hydrogens is 275 g/mol. The molecule has 1 aromatic carbocycles. The molecule has 1 aliphatic heterocycles. The quantitative estimate of drug-likeness (QED) is 0.906. The van der Waals surface area contributed by atoms with Gasteiger partial charge in [0, 0.05) is 13.2 Å². The number of rotatable bonds is 2. The monoisotopic (exact) mass is 288 g/mol. The van der Waals surface area contributed by atoms with Gasteiger partial charge in [-0.25, -0.2) is 4.39 Å². The highest BCUT2D eigenvalue weighted by molar-refractivity contribution is 9.10. The molecule has 0 bridgehead atoms. The number of hydrogen-bond acceptors (Lipinski definition) is 2. The molecule has 88 valence electrons. The van der Waals surface area contributed by atoms with Gasteiger partial charge >= 0.3 is 0 Å². The lowest BCUT2D eigenvalue weighted by atomic mass is 9.89. The van der Waals surface area contributed by atoms with E-state index in [-0.39, 0.29) is 11.7 Å². The molecule has 1 aromatic rings. The number of halogens is 2. The van der Waals surface area contributed by atoms with Gasteiger partial charge in [0.15, 0.2) is 0 Å². The average molecular weight is 289 g/mol. The van der Waals surface area contributed by atoms with E-state index in [2.05, 4.69) is 15.9 Å². The second-order valence-electron chi connectivity index (χ2n) is 4.04. The molecule has 1 saturated heterocycles. The zero-order valence-electron chi connectivity index (χ0n) is 8.83. The Morgan fingerprint density at radius 2 is 2.06 bits per heavy atom. The van der Waals surface area contributed by atoms with E-state index in [1.807, 2.05) is 0 Å². The fourth-order valence-electron chi connectivity index (χ4n) is 2.03. The highest BCUT2D eigenvalue weighted by Gasteiger charge is 2.25. The van der Waals surface area contributed by atoms with Crippen molar-refractivity contribution in [2.24, 2.45) is 5.92 Å². The predicted molar refractivity (Wildman–Crippen MR) is 62.6 cm³/mol. The van der Waals surface area contributed by atoms with Gasteiger partial charge in [0.25, 0.3) is 0 Å². The smallest absolute Gasteiger partial charge is 0.137 e. The molecular formula is C12H14BrFO2. The third kappa shape index (κ3) is 2.44. The molecule has 1 heterocycles. The lowest BCUT2D eigenvalue weighted by Crippen LogP contribution is -2.22. The summed E-state index contributed by atoms with van der Waals surface area (Å²) in [6.07, 6.45) is 1.03. The lowest BCUT2D eigenvalue weighted by Gasteiger charge is -2.27. The standard InChI is InChI=1S/C12H14BrFO2/c13-11-9(2-1-3-10(11)14)12(15)8-4-6-16-7-5-8/h1-3,8,12,15H,4-7H2. The molecule has 1 aliphatic rings. The van der Waals surface area contributed by atoms with Crippen LogP contribution in [0.3, 0.4) is 0 Å². The topological polar surface area (TPSA) is 29.5 Å². The summed E-state index contributed by atoms with van der Waals surface area (Å²) >= 11 is 3.18. The first-order valence-electron chi connectivity index (χ1n) is 5.40. The number of ether oxygens (including phenoxy) is 1. The molecule has 1 N–H and O–H groups in total. The SMILES string of the molecule is OC(c1cccc(F)c1Br)C1CCOCC1. The summed E-state index contributed by atoms with van der Waals surface area (Å²) in [7, 11) is 0. The molecule has 16 heavy (non-hydrogen) atoms. The maximum atomic E-state index is 13.3. The minimum atomic E-state index is -0.617. The van der Waals surface area contributed by atoms with Crippen molar-refractivity contribution in [2.45, 2.75) is 18.9 Å². The molecule has 1 unspecified atom stereocenters. The Balaban J connectivity index is 2.19. The van der Waals surface area contributed by atoms with Crippen LogP contribution < -0.4 is 0 Å². The van der Waals surface area contributed by atoms with Crippen LogP contribution in [0.4, 0.5) is 4.39 Å².